The molecule has 1 amide bonds. The van der Waals surface area contributed by atoms with Gasteiger partial charge in [0.25, 0.3) is 0 Å². The van der Waals surface area contributed by atoms with Gasteiger partial charge in [-0.15, -0.1) is 0 Å². The molecule has 1 aliphatic heterocycles. The van der Waals surface area contributed by atoms with Crippen molar-refractivity contribution in [3.8, 4) is 11.4 Å². The number of aromatic amines is 1. The smallest absolute Gasteiger partial charge is 0.223 e. The summed E-state index contributed by atoms with van der Waals surface area (Å²) in [6.45, 7) is 3.39. The monoisotopic (exact) mass is 350 g/mol. The highest BCUT2D eigenvalue weighted by molar-refractivity contribution is 5.76. The van der Waals surface area contributed by atoms with Gasteiger partial charge >= 0.3 is 0 Å². The highest BCUT2D eigenvalue weighted by Gasteiger charge is 2.30. The van der Waals surface area contributed by atoms with E-state index in [1.54, 1.807) is 0 Å². The maximum Gasteiger partial charge on any atom is 0.223 e. The minimum Gasteiger partial charge on any atom is -0.331 e. The number of nitrogens with zero attached hydrogens (tertiary/aromatic N) is 5. The van der Waals surface area contributed by atoms with Gasteiger partial charge in [0.1, 0.15) is 5.82 Å². The number of hydrogen-bond donors (Lipinski definition) is 1. The summed E-state index contributed by atoms with van der Waals surface area (Å²) in [5.41, 5.74) is 2.14. The van der Waals surface area contributed by atoms with E-state index in [9.17, 15) is 4.79 Å². The van der Waals surface area contributed by atoms with Crippen molar-refractivity contribution in [3.63, 3.8) is 0 Å². The number of carbonyl (C=O) groups is 1. The van der Waals surface area contributed by atoms with E-state index in [0.717, 1.165) is 35.6 Å². The fraction of sp³-hybridized carbons (Fsp3) is 0.368. The van der Waals surface area contributed by atoms with Crippen molar-refractivity contribution in [2.24, 2.45) is 0 Å². The van der Waals surface area contributed by atoms with Gasteiger partial charge in [-0.2, -0.15) is 10.2 Å². The number of carbonyl (C=O) groups excluding carboxylic acids is 1. The van der Waals surface area contributed by atoms with Crippen molar-refractivity contribution in [1.29, 1.82) is 0 Å². The van der Waals surface area contributed by atoms with Crippen molar-refractivity contribution >= 4 is 5.91 Å². The zero-order chi connectivity index (χ0) is 17.9. The first-order chi connectivity index (χ1) is 12.7. The van der Waals surface area contributed by atoms with Crippen molar-refractivity contribution in [3.05, 3.63) is 54.1 Å². The van der Waals surface area contributed by atoms with Crippen LogP contribution in [0.1, 0.15) is 37.2 Å². The predicted octanol–water partition coefficient (Wildman–Crippen LogP) is 2.59. The Hall–Kier alpha value is -2.96. The molecule has 0 bridgehead atoms. The van der Waals surface area contributed by atoms with E-state index in [4.69, 9.17) is 4.98 Å². The zero-order valence-corrected chi connectivity index (χ0v) is 14.8. The third-order valence-corrected chi connectivity index (χ3v) is 4.86. The Morgan fingerprint density at radius 2 is 2.12 bits per heavy atom. The van der Waals surface area contributed by atoms with Crippen molar-refractivity contribution < 1.29 is 4.79 Å². The molecule has 3 heterocycles. The molecule has 4 rings (SSSR count). The fourth-order valence-electron chi connectivity index (χ4n) is 3.42. The third-order valence-electron chi connectivity index (χ3n) is 4.86. The molecule has 0 saturated heterocycles. The first-order valence-electron chi connectivity index (χ1n) is 8.99. The molecule has 0 fully saturated rings. The number of H-pyrrole nitrogens is 1. The minimum absolute atomic E-state index is 0.0601. The van der Waals surface area contributed by atoms with E-state index in [1.807, 2.05) is 59.2 Å². The molecule has 0 unspecified atom stereocenters. The van der Waals surface area contributed by atoms with Gasteiger partial charge in [-0.25, -0.2) is 9.67 Å². The molecule has 1 N–H and O–H groups in total. The molecular formula is C19H22N6O. The molecule has 0 spiro atoms. The Kier molecular flexibility index (Phi) is 4.51. The number of fused-ring (bicyclic) bond motifs is 1. The van der Waals surface area contributed by atoms with Crippen LogP contribution in [0.2, 0.25) is 0 Å². The quantitative estimate of drug-likeness (QED) is 0.767. The van der Waals surface area contributed by atoms with Gasteiger partial charge in [0.05, 0.1) is 18.8 Å². The van der Waals surface area contributed by atoms with E-state index in [1.165, 1.54) is 0 Å². The summed E-state index contributed by atoms with van der Waals surface area (Å²) < 4.78 is 1.93. The summed E-state index contributed by atoms with van der Waals surface area (Å²) in [6.07, 6.45) is 5.90. The Morgan fingerprint density at radius 3 is 2.88 bits per heavy atom. The summed E-state index contributed by atoms with van der Waals surface area (Å²) in [5.74, 6) is 1.76. The number of aryl methyl sites for hydroxylation is 1. The van der Waals surface area contributed by atoms with Crippen LogP contribution >= 0.6 is 0 Å². The lowest BCUT2D eigenvalue weighted by Gasteiger charge is -2.33. The zero-order valence-electron chi connectivity index (χ0n) is 14.8. The number of aromatic nitrogens is 5. The molecule has 7 heteroatoms. The van der Waals surface area contributed by atoms with Crippen molar-refractivity contribution in [2.45, 2.75) is 38.8 Å². The van der Waals surface area contributed by atoms with Gasteiger partial charge in [-0.05, 0) is 25.3 Å². The van der Waals surface area contributed by atoms with E-state index in [-0.39, 0.29) is 11.9 Å². The lowest BCUT2D eigenvalue weighted by atomic mass is 10.1. The first-order valence-corrected chi connectivity index (χ1v) is 8.99. The van der Waals surface area contributed by atoms with Crippen LogP contribution in [0.4, 0.5) is 0 Å². The average molecular weight is 350 g/mol. The standard InChI is InChI=1S/C19H22N6O/c1-14-19-22-18(16-7-3-2-4-8-16)23-25(19)11-10-24(14)17(26)9-5-6-15-12-20-21-13-15/h2-4,7-8,12-14H,5-6,9-11H2,1H3,(H,20,21)/t14-/m0/s1. The molecule has 26 heavy (non-hydrogen) atoms. The largest absolute Gasteiger partial charge is 0.331 e. The van der Waals surface area contributed by atoms with Gasteiger partial charge in [-0.3, -0.25) is 9.89 Å². The summed E-state index contributed by atoms with van der Waals surface area (Å²) in [7, 11) is 0. The molecule has 2 aromatic heterocycles. The van der Waals surface area contributed by atoms with Crippen LogP contribution in [0.5, 0.6) is 0 Å². The molecule has 0 aliphatic carbocycles. The Morgan fingerprint density at radius 1 is 1.27 bits per heavy atom. The summed E-state index contributed by atoms with van der Waals surface area (Å²) in [5, 5.41) is 11.4. The SMILES string of the molecule is C[C@H]1c2nc(-c3ccccc3)nn2CCN1C(=O)CCCc1cn[nH]c1. The highest BCUT2D eigenvalue weighted by Crippen LogP contribution is 2.27. The molecular weight excluding hydrogens is 328 g/mol. The van der Waals surface area contributed by atoms with Crippen LogP contribution in [0.25, 0.3) is 11.4 Å². The number of amides is 1. The molecule has 0 saturated carbocycles. The van der Waals surface area contributed by atoms with Crippen LogP contribution in [-0.2, 0) is 17.8 Å². The average Bonchev–Trinajstić information content (AvgIpc) is 3.32. The van der Waals surface area contributed by atoms with Crippen molar-refractivity contribution in [1.82, 2.24) is 29.9 Å². The second-order valence-corrected chi connectivity index (χ2v) is 6.61. The molecule has 1 atom stereocenters. The molecule has 1 aromatic carbocycles. The van der Waals surface area contributed by atoms with Gasteiger partial charge in [0.15, 0.2) is 5.82 Å². The second-order valence-electron chi connectivity index (χ2n) is 6.61. The highest BCUT2D eigenvalue weighted by atomic mass is 16.2. The molecule has 1 aliphatic rings. The van der Waals surface area contributed by atoms with Crippen molar-refractivity contribution in [2.75, 3.05) is 6.54 Å². The van der Waals surface area contributed by atoms with Crippen LogP contribution in [0.3, 0.4) is 0 Å². The lowest BCUT2D eigenvalue weighted by molar-refractivity contribution is -0.134. The fourth-order valence-corrected chi connectivity index (χ4v) is 3.42. The van der Waals surface area contributed by atoms with E-state index < -0.39 is 0 Å². The Bertz CT molecular complexity index is 871. The minimum atomic E-state index is -0.0601. The van der Waals surface area contributed by atoms with Gasteiger partial charge < -0.3 is 4.90 Å². The molecule has 7 nitrogen and oxygen atoms in total. The number of rotatable bonds is 5. The second kappa shape index (κ2) is 7.11. The Labute approximate surface area is 152 Å². The topological polar surface area (TPSA) is 79.7 Å². The van der Waals surface area contributed by atoms with E-state index in [0.29, 0.717) is 19.5 Å². The van der Waals surface area contributed by atoms with Crippen LogP contribution in [0.15, 0.2) is 42.7 Å². The third kappa shape index (κ3) is 3.24. The Balaban J connectivity index is 1.43. The van der Waals surface area contributed by atoms with E-state index in [2.05, 4.69) is 15.3 Å². The molecule has 0 radical (unpaired) electrons. The maximum atomic E-state index is 12.7. The lowest BCUT2D eigenvalue weighted by Crippen LogP contribution is -2.41. The summed E-state index contributed by atoms with van der Waals surface area (Å²) in [4.78, 5) is 19.3. The van der Waals surface area contributed by atoms with Crippen LogP contribution < -0.4 is 0 Å². The van der Waals surface area contributed by atoms with Crippen LogP contribution in [-0.4, -0.2) is 42.3 Å². The molecule has 3 aromatic rings. The predicted molar refractivity (Wildman–Crippen MR) is 97.1 cm³/mol. The normalized spacial score (nSPS) is 16.5. The van der Waals surface area contributed by atoms with E-state index >= 15 is 0 Å². The summed E-state index contributed by atoms with van der Waals surface area (Å²) in [6, 6.07) is 9.89. The molecule has 134 valence electrons. The van der Waals surface area contributed by atoms with Gasteiger partial charge in [-0.1, -0.05) is 30.3 Å². The van der Waals surface area contributed by atoms with Crippen LogP contribution in [0, 0.1) is 0 Å². The number of hydrogen-bond acceptors (Lipinski definition) is 4. The van der Waals surface area contributed by atoms with Gasteiger partial charge in [0, 0.05) is 24.7 Å². The van der Waals surface area contributed by atoms with Gasteiger partial charge in [0.2, 0.25) is 5.91 Å². The summed E-state index contributed by atoms with van der Waals surface area (Å²) >= 11 is 0. The maximum absolute atomic E-state index is 12.7. The number of nitrogens with one attached hydrogen (secondary N) is 1. The number of benzene rings is 1. The first kappa shape index (κ1) is 16.5.